The standard InChI is InChI=1S/C13H15ClN2O3/c1-18-10-3-2-9(14)12(16-13(15)17)11(10)8-4-6-19-7-5-8/h2-4H,5-7H2,1H3,(H3,15,16,17). The Morgan fingerprint density at radius 3 is 2.89 bits per heavy atom. The number of ether oxygens (including phenoxy) is 2. The van der Waals surface area contributed by atoms with E-state index in [1.807, 2.05) is 6.08 Å². The molecule has 2 amide bonds. The van der Waals surface area contributed by atoms with Crippen molar-refractivity contribution in [1.29, 1.82) is 0 Å². The summed E-state index contributed by atoms with van der Waals surface area (Å²) in [5.74, 6) is 0.640. The SMILES string of the molecule is COc1ccc(Cl)c(NC(N)=O)c1C1=CCOCC1. The highest BCUT2D eigenvalue weighted by atomic mass is 35.5. The molecule has 0 unspecified atom stereocenters. The number of nitrogens with one attached hydrogen (secondary N) is 1. The minimum absolute atomic E-state index is 0.419. The summed E-state index contributed by atoms with van der Waals surface area (Å²) >= 11 is 6.14. The van der Waals surface area contributed by atoms with E-state index < -0.39 is 6.03 Å². The number of carbonyl (C=O) groups excluding carboxylic acids is 1. The van der Waals surface area contributed by atoms with Crippen LogP contribution < -0.4 is 15.8 Å². The molecule has 0 aromatic heterocycles. The fraction of sp³-hybridized carbons (Fsp3) is 0.308. The van der Waals surface area contributed by atoms with Crippen LogP contribution in [0.15, 0.2) is 18.2 Å². The van der Waals surface area contributed by atoms with E-state index >= 15 is 0 Å². The highest BCUT2D eigenvalue weighted by Crippen LogP contribution is 2.40. The molecule has 1 aliphatic heterocycles. The Morgan fingerprint density at radius 2 is 2.32 bits per heavy atom. The van der Waals surface area contributed by atoms with Crippen LogP contribution in [0.4, 0.5) is 10.5 Å². The van der Waals surface area contributed by atoms with Gasteiger partial charge in [0, 0.05) is 5.56 Å². The molecule has 0 spiro atoms. The molecule has 0 aliphatic carbocycles. The third-order valence-corrected chi connectivity index (χ3v) is 3.18. The van der Waals surface area contributed by atoms with Crippen LogP contribution >= 0.6 is 11.6 Å². The third-order valence-electron chi connectivity index (χ3n) is 2.87. The molecular weight excluding hydrogens is 268 g/mol. The first kappa shape index (κ1) is 13.7. The van der Waals surface area contributed by atoms with Gasteiger partial charge >= 0.3 is 6.03 Å². The minimum atomic E-state index is -0.663. The summed E-state index contributed by atoms with van der Waals surface area (Å²) < 4.78 is 10.6. The fourth-order valence-electron chi connectivity index (χ4n) is 2.05. The number of hydrogen-bond donors (Lipinski definition) is 2. The number of hydrogen-bond acceptors (Lipinski definition) is 3. The van der Waals surface area contributed by atoms with Crippen molar-refractivity contribution < 1.29 is 14.3 Å². The maximum Gasteiger partial charge on any atom is 0.316 e. The molecule has 1 heterocycles. The van der Waals surface area contributed by atoms with Gasteiger partial charge in [0.05, 0.1) is 31.0 Å². The normalized spacial score (nSPS) is 14.7. The summed E-state index contributed by atoms with van der Waals surface area (Å²) in [4.78, 5) is 11.1. The van der Waals surface area contributed by atoms with Crippen molar-refractivity contribution in [2.45, 2.75) is 6.42 Å². The van der Waals surface area contributed by atoms with Gasteiger partial charge in [0.15, 0.2) is 0 Å². The zero-order chi connectivity index (χ0) is 13.8. The Labute approximate surface area is 116 Å². The molecule has 1 aliphatic rings. The van der Waals surface area contributed by atoms with Crippen LogP contribution in [-0.2, 0) is 4.74 Å². The summed E-state index contributed by atoms with van der Waals surface area (Å²) in [6.45, 7) is 1.15. The number of nitrogens with two attached hydrogens (primary N) is 1. The van der Waals surface area contributed by atoms with E-state index in [-0.39, 0.29) is 0 Å². The van der Waals surface area contributed by atoms with E-state index in [9.17, 15) is 4.79 Å². The molecule has 2 rings (SSSR count). The molecule has 0 saturated carbocycles. The van der Waals surface area contributed by atoms with Gasteiger partial charge in [-0.3, -0.25) is 0 Å². The lowest BCUT2D eigenvalue weighted by Gasteiger charge is -2.20. The van der Waals surface area contributed by atoms with Gasteiger partial charge in [-0.05, 0) is 24.1 Å². The number of methoxy groups -OCH3 is 1. The van der Waals surface area contributed by atoms with Crippen LogP contribution in [0.25, 0.3) is 5.57 Å². The van der Waals surface area contributed by atoms with E-state index in [2.05, 4.69) is 5.32 Å². The van der Waals surface area contributed by atoms with Crippen LogP contribution in [0, 0.1) is 0 Å². The average Bonchev–Trinajstić information content (AvgIpc) is 2.41. The van der Waals surface area contributed by atoms with Crippen molar-refractivity contribution >= 4 is 28.9 Å². The second-order valence-corrected chi connectivity index (χ2v) is 4.45. The highest BCUT2D eigenvalue weighted by Gasteiger charge is 2.19. The van der Waals surface area contributed by atoms with Crippen molar-refractivity contribution in [1.82, 2.24) is 0 Å². The zero-order valence-corrected chi connectivity index (χ0v) is 11.3. The number of halogens is 1. The number of amides is 2. The van der Waals surface area contributed by atoms with Gasteiger partial charge in [-0.25, -0.2) is 4.79 Å². The van der Waals surface area contributed by atoms with E-state index in [4.69, 9.17) is 26.8 Å². The molecular formula is C13H15ClN2O3. The maximum absolute atomic E-state index is 11.1. The van der Waals surface area contributed by atoms with Crippen LogP contribution in [0.2, 0.25) is 5.02 Å². The first-order chi connectivity index (χ1) is 9.13. The summed E-state index contributed by atoms with van der Waals surface area (Å²) in [5, 5.41) is 2.98. The largest absolute Gasteiger partial charge is 0.496 e. The molecule has 1 aromatic carbocycles. The molecule has 5 nitrogen and oxygen atoms in total. The quantitative estimate of drug-likeness (QED) is 0.895. The first-order valence-corrected chi connectivity index (χ1v) is 6.21. The molecule has 0 saturated heterocycles. The lowest BCUT2D eigenvalue weighted by atomic mass is 9.98. The summed E-state index contributed by atoms with van der Waals surface area (Å²) in [7, 11) is 1.57. The Morgan fingerprint density at radius 1 is 1.53 bits per heavy atom. The third kappa shape index (κ3) is 3.00. The van der Waals surface area contributed by atoms with Crippen molar-refractivity contribution in [3.63, 3.8) is 0 Å². The van der Waals surface area contributed by atoms with Gasteiger partial charge in [0.1, 0.15) is 5.75 Å². The predicted octanol–water partition coefficient (Wildman–Crippen LogP) is 2.64. The van der Waals surface area contributed by atoms with Gasteiger partial charge in [-0.15, -0.1) is 0 Å². The molecule has 0 fully saturated rings. The highest BCUT2D eigenvalue weighted by molar-refractivity contribution is 6.34. The van der Waals surface area contributed by atoms with Crippen molar-refractivity contribution in [2.24, 2.45) is 5.73 Å². The molecule has 0 atom stereocenters. The van der Waals surface area contributed by atoms with Crippen molar-refractivity contribution in [3.05, 3.63) is 28.8 Å². The van der Waals surface area contributed by atoms with E-state index in [0.717, 1.165) is 17.6 Å². The zero-order valence-electron chi connectivity index (χ0n) is 10.5. The minimum Gasteiger partial charge on any atom is -0.496 e. The van der Waals surface area contributed by atoms with E-state index in [1.165, 1.54) is 0 Å². The summed E-state index contributed by atoms with van der Waals surface area (Å²) in [6, 6.07) is 2.76. The van der Waals surface area contributed by atoms with E-state index in [0.29, 0.717) is 29.7 Å². The monoisotopic (exact) mass is 282 g/mol. The first-order valence-electron chi connectivity index (χ1n) is 5.83. The smallest absolute Gasteiger partial charge is 0.316 e. The van der Waals surface area contributed by atoms with Gasteiger partial charge in [-0.2, -0.15) is 0 Å². The topological polar surface area (TPSA) is 73.6 Å². The van der Waals surface area contributed by atoms with Crippen LogP contribution in [-0.4, -0.2) is 26.4 Å². The second-order valence-electron chi connectivity index (χ2n) is 4.04. The number of carbonyl (C=O) groups is 1. The van der Waals surface area contributed by atoms with Gasteiger partial charge in [0.2, 0.25) is 0 Å². The van der Waals surface area contributed by atoms with Gasteiger partial charge < -0.3 is 20.5 Å². The van der Waals surface area contributed by atoms with Crippen LogP contribution in [0.5, 0.6) is 5.75 Å². The van der Waals surface area contributed by atoms with Gasteiger partial charge in [-0.1, -0.05) is 17.7 Å². The summed E-state index contributed by atoms with van der Waals surface area (Å²) in [6.07, 6.45) is 2.67. The number of benzene rings is 1. The van der Waals surface area contributed by atoms with Crippen molar-refractivity contribution in [2.75, 3.05) is 25.6 Å². The second kappa shape index (κ2) is 5.95. The fourth-order valence-corrected chi connectivity index (χ4v) is 2.25. The van der Waals surface area contributed by atoms with Crippen LogP contribution in [0.1, 0.15) is 12.0 Å². The molecule has 0 bridgehead atoms. The van der Waals surface area contributed by atoms with Crippen molar-refractivity contribution in [3.8, 4) is 5.75 Å². The molecule has 6 heteroatoms. The Hall–Kier alpha value is -1.72. The molecule has 102 valence electrons. The Bertz CT molecular complexity index is 529. The number of primary amides is 1. The molecule has 1 aromatic rings. The van der Waals surface area contributed by atoms with Crippen LogP contribution in [0.3, 0.4) is 0 Å². The molecule has 19 heavy (non-hydrogen) atoms. The molecule has 0 radical (unpaired) electrons. The number of anilines is 1. The summed E-state index contributed by atoms with van der Waals surface area (Å²) in [5.41, 5.74) is 7.45. The lowest BCUT2D eigenvalue weighted by molar-refractivity contribution is 0.161. The van der Waals surface area contributed by atoms with Gasteiger partial charge in [0.25, 0.3) is 0 Å². The predicted molar refractivity (Wildman–Crippen MR) is 74.6 cm³/mol. The van der Waals surface area contributed by atoms with E-state index in [1.54, 1.807) is 19.2 Å². The maximum atomic E-state index is 11.1. The number of rotatable bonds is 3. The lowest BCUT2D eigenvalue weighted by Crippen LogP contribution is -2.21. The number of urea groups is 1. The Kier molecular flexibility index (Phi) is 4.29. The average molecular weight is 283 g/mol. The Balaban J connectivity index is 2.56. The molecule has 3 N–H and O–H groups in total.